The number of carbonyl (C=O) groups excluding carboxylic acids is 2. The van der Waals surface area contributed by atoms with E-state index in [-0.39, 0.29) is 35.0 Å². The van der Waals surface area contributed by atoms with E-state index in [1.54, 1.807) is 14.0 Å². The maximum Gasteiger partial charge on any atom is 0.341 e. The van der Waals surface area contributed by atoms with Gasteiger partial charge in [-0.2, -0.15) is 0 Å². The van der Waals surface area contributed by atoms with Gasteiger partial charge in [-0.15, -0.1) is 11.3 Å². The predicted molar refractivity (Wildman–Crippen MR) is 128 cm³/mol. The molecule has 8 nitrogen and oxygen atoms in total. The Morgan fingerprint density at radius 1 is 1.11 bits per heavy atom. The number of esters is 1. The smallest absolute Gasteiger partial charge is 0.341 e. The van der Waals surface area contributed by atoms with Gasteiger partial charge in [0.25, 0.3) is 5.69 Å². The molecule has 0 radical (unpaired) electrons. The second-order valence-electron chi connectivity index (χ2n) is 7.45. The number of nitro groups is 1. The van der Waals surface area contributed by atoms with Crippen molar-refractivity contribution in [1.29, 1.82) is 0 Å². The molecule has 1 amide bonds. The van der Waals surface area contributed by atoms with Gasteiger partial charge in [0.15, 0.2) is 0 Å². The molecular weight excluding hydrogens is 480 g/mol. The number of rotatable bonds is 9. The van der Waals surface area contributed by atoms with Crippen molar-refractivity contribution in [2.75, 3.05) is 18.6 Å². The fourth-order valence-corrected chi connectivity index (χ4v) is 4.89. The molecule has 11 heteroatoms. The summed E-state index contributed by atoms with van der Waals surface area (Å²) in [5.74, 6) is -2.88. The number of carbonyl (C=O) groups is 2. The number of nitro benzene ring substituents is 1. The molecule has 0 unspecified atom stereocenters. The van der Waals surface area contributed by atoms with Crippen LogP contribution in [-0.4, -0.2) is 30.5 Å². The summed E-state index contributed by atoms with van der Waals surface area (Å²) in [7, 11) is 1.67. The third-order valence-corrected chi connectivity index (χ3v) is 6.47. The molecule has 0 aliphatic carbocycles. The molecule has 0 atom stereocenters. The van der Waals surface area contributed by atoms with Gasteiger partial charge in [-0.05, 0) is 43.8 Å². The Balaban J connectivity index is 2.24. The number of non-ortho nitro benzene ring substituents is 1. The second kappa shape index (κ2) is 11.2. The van der Waals surface area contributed by atoms with Gasteiger partial charge < -0.3 is 10.1 Å². The lowest BCUT2D eigenvalue weighted by Crippen LogP contribution is -2.30. The summed E-state index contributed by atoms with van der Waals surface area (Å²) >= 11 is 1.06. The zero-order valence-electron chi connectivity index (χ0n) is 19.3. The monoisotopic (exact) mass is 503 g/mol. The molecule has 184 valence electrons. The number of nitrogens with zero attached hydrogens (tertiary/aromatic N) is 2. The molecule has 0 spiro atoms. The van der Waals surface area contributed by atoms with Crippen LogP contribution in [0.5, 0.6) is 0 Å². The minimum Gasteiger partial charge on any atom is -0.462 e. The van der Waals surface area contributed by atoms with Crippen molar-refractivity contribution in [3.8, 4) is 10.4 Å². The number of ether oxygens (including phenoxy) is 1. The van der Waals surface area contributed by atoms with Gasteiger partial charge in [0.1, 0.15) is 16.6 Å². The molecule has 1 aromatic heterocycles. The second-order valence-corrected chi connectivity index (χ2v) is 8.45. The van der Waals surface area contributed by atoms with Crippen LogP contribution in [0.3, 0.4) is 0 Å². The van der Waals surface area contributed by atoms with E-state index in [9.17, 15) is 28.5 Å². The summed E-state index contributed by atoms with van der Waals surface area (Å²) < 4.78 is 34.1. The number of nitrogens with one attached hydrogen (secondary N) is 1. The highest BCUT2D eigenvalue weighted by Crippen LogP contribution is 2.44. The van der Waals surface area contributed by atoms with Crippen LogP contribution in [-0.2, 0) is 22.6 Å². The summed E-state index contributed by atoms with van der Waals surface area (Å²) in [6.45, 7) is 2.70. The Labute approximate surface area is 204 Å². The van der Waals surface area contributed by atoms with Crippen molar-refractivity contribution in [2.45, 2.75) is 26.9 Å². The fourth-order valence-electron chi connectivity index (χ4n) is 3.54. The van der Waals surface area contributed by atoms with Gasteiger partial charge in [-0.3, -0.25) is 19.8 Å². The third kappa shape index (κ3) is 5.52. The highest BCUT2D eigenvalue weighted by Gasteiger charge is 2.31. The average molecular weight is 504 g/mol. The number of anilines is 1. The number of hydrogen-bond acceptors (Lipinski definition) is 7. The van der Waals surface area contributed by atoms with Crippen LogP contribution in [0, 0.1) is 21.7 Å². The van der Waals surface area contributed by atoms with Crippen molar-refractivity contribution >= 4 is 33.9 Å². The van der Waals surface area contributed by atoms with Crippen molar-refractivity contribution in [3.63, 3.8) is 0 Å². The van der Waals surface area contributed by atoms with Gasteiger partial charge >= 0.3 is 5.97 Å². The van der Waals surface area contributed by atoms with E-state index in [4.69, 9.17) is 4.74 Å². The zero-order chi connectivity index (χ0) is 25.7. The number of thiophene rings is 1. The van der Waals surface area contributed by atoms with Gasteiger partial charge in [-0.1, -0.05) is 6.07 Å². The van der Waals surface area contributed by atoms with Crippen molar-refractivity contribution in [2.24, 2.45) is 0 Å². The lowest BCUT2D eigenvalue weighted by Gasteiger charge is -2.22. The molecule has 1 heterocycles. The first-order valence-electron chi connectivity index (χ1n) is 10.6. The molecule has 1 N–H and O–H groups in total. The maximum absolute atomic E-state index is 14.4. The van der Waals surface area contributed by atoms with Crippen LogP contribution in [0.1, 0.15) is 35.3 Å². The quantitative estimate of drug-likeness (QED) is 0.249. The molecular formula is C24H23F2N3O5S. The van der Waals surface area contributed by atoms with E-state index in [2.05, 4.69) is 5.32 Å². The fraction of sp³-hybridized carbons (Fsp3) is 0.250. The molecule has 0 fully saturated rings. The van der Waals surface area contributed by atoms with E-state index in [1.165, 1.54) is 37.3 Å². The molecule has 0 aliphatic rings. The Hall–Kier alpha value is -3.70. The van der Waals surface area contributed by atoms with Crippen LogP contribution in [0.4, 0.5) is 19.5 Å². The summed E-state index contributed by atoms with van der Waals surface area (Å²) in [4.78, 5) is 38.0. The van der Waals surface area contributed by atoms with Crippen LogP contribution in [0.2, 0.25) is 0 Å². The molecule has 0 aliphatic heterocycles. The number of amides is 1. The first-order valence-corrected chi connectivity index (χ1v) is 11.4. The Bertz CT molecular complexity index is 1240. The molecule has 3 rings (SSSR count). The van der Waals surface area contributed by atoms with E-state index in [0.717, 1.165) is 28.4 Å². The summed E-state index contributed by atoms with van der Waals surface area (Å²) in [6, 6.07) is 9.14. The number of halogens is 2. The first kappa shape index (κ1) is 25.9. The van der Waals surface area contributed by atoms with E-state index in [0.29, 0.717) is 16.0 Å². The summed E-state index contributed by atoms with van der Waals surface area (Å²) in [5, 5.41) is 14.2. The lowest BCUT2D eigenvalue weighted by atomic mass is 10.0. The zero-order valence-corrected chi connectivity index (χ0v) is 20.1. The molecule has 0 bridgehead atoms. The van der Waals surface area contributed by atoms with E-state index >= 15 is 0 Å². The predicted octanol–water partition coefficient (Wildman–Crippen LogP) is 5.05. The summed E-state index contributed by atoms with van der Waals surface area (Å²) in [6.07, 6.45) is 0. The standard InChI is InChI=1S/C24H23F2N3O5S/c1-4-34-24(31)21-17(12-27-3)22(15-8-10-16(11-9-15)29(32)33)35-23(21)28(14(2)30)13-18-19(25)6-5-7-20(18)26/h5-11,27H,4,12-13H2,1-3H3. The minimum absolute atomic E-state index is 0.0714. The third-order valence-electron chi connectivity index (χ3n) is 5.17. The van der Waals surface area contributed by atoms with Crippen LogP contribution in [0.25, 0.3) is 10.4 Å². The lowest BCUT2D eigenvalue weighted by molar-refractivity contribution is -0.384. The van der Waals surface area contributed by atoms with Gasteiger partial charge in [0.2, 0.25) is 5.91 Å². The highest BCUT2D eigenvalue weighted by atomic mass is 32.1. The van der Waals surface area contributed by atoms with Crippen LogP contribution < -0.4 is 10.2 Å². The highest BCUT2D eigenvalue weighted by molar-refractivity contribution is 7.20. The Kier molecular flexibility index (Phi) is 8.26. The van der Waals surface area contributed by atoms with Crippen LogP contribution >= 0.6 is 11.3 Å². The van der Waals surface area contributed by atoms with Crippen LogP contribution in [0.15, 0.2) is 42.5 Å². The maximum atomic E-state index is 14.4. The molecule has 3 aromatic rings. The Morgan fingerprint density at radius 3 is 2.26 bits per heavy atom. The number of benzene rings is 2. The van der Waals surface area contributed by atoms with E-state index < -0.39 is 35.0 Å². The Morgan fingerprint density at radius 2 is 1.74 bits per heavy atom. The number of hydrogen-bond donors (Lipinski definition) is 1. The molecule has 2 aromatic carbocycles. The largest absolute Gasteiger partial charge is 0.462 e. The summed E-state index contributed by atoms with van der Waals surface area (Å²) in [5.41, 5.74) is 0.736. The normalized spacial score (nSPS) is 10.8. The van der Waals surface area contributed by atoms with Gasteiger partial charge in [0, 0.05) is 41.6 Å². The van der Waals surface area contributed by atoms with Gasteiger partial charge in [0.05, 0.1) is 23.6 Å². The van der Waals surface area contributed by atoms with E-state index in [1.807, 2.05) is 0 Å². The molecule has 0 saturated heterocycles. The van der Waals surface area contributed by atoms with Crippen molar-refractivity contribution in [1.82, 2.24) is 5.32 Å². The average Bonchev–Trinajstić information content (AvgIpc) is 3.18. The minimum atomic E-state index is -0.823. The van der Waals surface area contributed by atoms with Crippen molar-refractivity contribution < 1.29 is 28.0 Å². The first-order chi connectivity index (χ1) is 16.7. The van der Waals surface area contributed by atoms with Gasteiger partial charge in [-0.25, -0.2) is 13.6 Å². The SMILES string of the molecule is CCOC(=O)c1c(N(Cc2c(F)cccc2F)C(C)=O)sc(-c2ccc([N+](=O)[O-])cc2)c1CNC. The topological polar surface area (TPSA) is 102 Å². The van der Waals surface area contributed by atoms with Crippen molar-refractivity contribution in [3.05, 3.63) is 80.9 Å². The molecule has 35 heavy (non-hydrogen) atoms. The molecule has 0 saturated carbocycles.